The van der Waals surface area contributed by atoms with Gasteiger partial charge in [-0.25, -0.2) is 9.37 Å². The lowest BCUT2D eigenvalue weighted by Gasteiger charge is -2.11. The molecule has 0 spiro atoms. The number of hydrogen-bond acceptors (Lipinski definition) is 4. The summed E-state index contributed by atoms with van der Waals surface area (Å²) in [6.07, 6.45) is -4.77. The molecule has 0 radical (unpaired) electrons. The van der Waals surface area contributed by atoms with Crippen LogP contribution < -0.4 is 0 Å². The molecule has 0 bridgehead atoms. The fourth-order valence-corrected chi connectivity index (χ4v) is 3.88. The van der Waals surface area contributed by atoms with E-state index in [0.717, 1.165) is 4.57 Å². The van der Waals surface area contributed by atoms with Gasteiger partial charge in [-0.2, -0.15) is 13.2 Å². The number of ether oxygens (including phenoxy) is 1. The second-order valence-electron chi connectivity index (χ2n) is 7.69. The van der Waals surface area contributed by atoms with Gasteiger partial charge in [0.25, 0.3) is 0 Å². The largest absolute Gasteiger partial charge is 0.456 e. The molecule has 2 aromatic heterocycles. The Hall–Kier alpha value is -3.95. The van der Waals surface area contributed by atoms with Crippen LogP contribution in [0.25, 0.3) is 16.7 Å². The number of Topliss-reactive ketones (excluding diaryl/α,β-unsaturated/α-hetero) is 1. The van der Waals surface area contributed by atoms with Crippen molar-refractivity contribution in [3.63, 3.8) is 0 Å². The second kappa shape index (κ2) is 8.77. The molecule has 4 rings (SSSR count). The number of para-hydroxylation sites is 2. The molecule has 2 heterocycles. The smallest absolute Gasteiger partial charge is 0.449 e. The molecule has 0 aliphatic heterocycles. The minimum atomic E-state index is -4.77. The quantitative estimate of drug-likeness (QED) is 0.224. The Morgan fingerprint density at radius 3 is 2.38 bits per heavy atom. The van der Waals surface area contributed by atoms with Gasteiger partial charge < -0.3 is 13.9 Å². The number of nitrogens with zero attached hydrogens (tertiary/aromatic N) is 3. The summed E-state index contributed by atoms with van der Waals surface area (Å²) >= 11 is 0. The maximum atomic E-state index is 13.4. The molecule has 0 saturated heterocycles. The Morgan fingerprint density at radius 2 is 1.71 bits per heavy atom. The summed E-state index contributed by atoms with van der Waals surface area (Å²) in [4.78, 5) is 28.6. The molecular weight excluding hydrogens is 454 g/mol. The highest BCUT2D eigenvalue weighted by molar-refractivity contribution is 5.99. The zero-order valence-electron chi connectivity index (χ0n) is 18.2. The first-order valence-electron chi connectivity index (χ1n) is 10.2. The molecule has 2 aromatic carbocycles. The van der Waals surface area contributed by atoms with Gasteiger partial charge >= 0.3 is 12.1 Å². The molecule has 4 aromatic rings. The summed E-state index contributed by atoms with van der Waals surface area (Å²) in [5.74, 6) is -3.13. The maximum Gasteiger partial charge on any atom is 0.449 e. The van der Waals surface area contributed by atoms with Crippen molar-refractivity contribution < 1.29 is 31.9 Å². The van der Waals surface area contributed by atoms with E-state index in [9.17, 15) is 27.2 Å². The number of ketones is 1. The van der Waals surface area contributed by atoms with Gasteiger partial charge in [0.1, 0.15) is 12.4 Å². The standard InChI is InChI=1S/C24H19F4N3O3/c1-14-11-18(15(2)31(14)17-9-7-16(25)8-10-17)21(32)13-34-22(33)12-30-20-6-4-3-5-19(20)29-23(30)24(26,27)28/h3-11H,12-13H2,1-2H3. The summed E-state index contributed by atoms with van der Waals surface area (Å²) in [5.41, 5.74) is 2.43. The minimum absolute atomic E-state index is 0.0898. The lowest BCUT2D eigenvalue weighted by Crippen LogP contribution is -2.22. The van der Waals surface area contributed by atoms with Gasteiger partial charge in [0.2, 0.25) is 11.6 Å². The predicted octanol–water partition coefficient (Wildman–Crippen LogP) is 5.03. The van der Waals surface area contributed by atoms with Crippen LogP contribution in [0.2, 0.25) is 0 Å². The number of carbonyl (C=O) groups is 2. The predicted molar refractivity (Wildman–Crippen MR) is 115 cm³/mol. The van der Waals surface area contributed by atoms with Crippen molar-refractivity contribution in [2.24, 2.45) is 0 Å². The molecule has 0 amide bonds. The van der Waals surface area contributed by atoms with Gasteiger partial charge in [-0.1, -0.05) is 12.1 Å². The Balaban J connectivity index is 1.50. The fraction of sp³-hybridized carbons (Fsp3) is 0.208. The van der Waals surface area contributed by atoms with Crippen LogP contribution >= 0.6 is 0 Å². The highest BCUT2D eigenvalue weighted by Crippen LogP contribution is 2.31. The number of imidazole rings is 1. The van der Waals surface area contributed by atoms with E-state index in [2.05, 4.69) is 4.98 Å². The lowest BCUT2D eigenvalue weighted by molar-refractivity contribution is -0.150. The first-order chi connectivity index (χ1) is 16.1. The van der Waals surface area contributed by atoms with E-state index in [1.165, 1.54) is 30.3 Å². The zero-order valence-corrected chi connectivity index (χ0v) is 18.2. The van der Waals surface area contributed by atoms with Crippen molar-refractivity contribution in [2.45, 2.75) is 26.6 Å². The summed E-state index contributed by atoms with van der Waals surface area (Å²) in [6.45, 7) is 2.07. The van der Waals surface area contributed by atoms with Crippen molar-refractivity contribution in [1.29, 1.82) is 0 Å². The lowest BCUT2D eigenvalue weighted by atomic mass is 10.1. The van der Waals surface area contributed by atoms with E-state index in [1.807, 2.05) is 0 Å². The maximum absolute atomic E-state index is 13.4. The van der Waals surface area contributed by atoms with Crippen molar-refractivity contribution in [3.8, 4) is 5.69 Å². The van der Waals surface area contributed by atoms with Crippen molar-refractivity contribution in [2.75, 3.05) is 6.61 Å². The van der Waals surface area contributed by atoms with Crippen molar-refractivity contribution in [3.05, 3.63) is 83.2 Å². The number of fused-ring (bicyclic) bond motifs is 1. The number of hydrogen-bond donors (Lipinski definition) is 0. The second-order valence-corrected chi connectivity index (χ2v) is 7.69. The molecule has 34 heavy (non-hydrogen) atoms. The molecule has 0 atom stereocenters. The molecule has 10 heteroatoms. The topological polar surface area (TPSA) is 66.1 Å². The molecule has 0 saturated carbocycles. The summed E-state index contributed by atoms with van der Waals surface area (Å²) in [5, 5.41) is 0. The Morgan fingerprint density at radius 1 is 1.03 bits per heavy atom. The molecule has 6 nitrogen and oxygen atoms in total. The number of aromatic nitrogens is 3. The Labute approximate surface area is 191 Å². The SMILES string of the molecule is Cc1cc(C(=O)COC(=O)Cn2c(C(F)(F)F)nc3ccccc32)c(C)n1-c1ccc(F)cc1. The number of rotatable bonds is 6. The van der Waals surface area contributed by atoms with Crippen molar-refractivity contribution >= 4 is 22.8 Å². The van der Waals surface area contributed by atoms with Gasteiger partial charge in [0.15, 0.2) is 6.61 Å². The summed E-state index contributed by atoms with van der Waals surface area (Å²) in [7, 11) is 0. The van der Waals surface area contributed by atoms with Crippen LogP contribution in [0, 0.1) is 19.7 Å². The number of halogens is 4. The summed E-state index contributed by atoms with van der Waals surface area (Å²) in [6, 6.07) is 13.2. The third kappa shape index (κ3) is 4.43. The van der Waals surface area contributed by atoms with Gasteiger partial charge in [-0.3, -0.25) is 9.59 Å². The normalized spacial score (nSPS) is 11.7. The van der Waals surface area contributed by atoms with E-state index in [4.69, 9.17) is 4.74 Å². The molecule has 0 N–H and O–H groups in total. The highest BCUT2D eigenvalue weighted by Gasteiger charge is 2.38. The van der Waals surface area contributed by atoms with Crippen LogP contribution in [-0.2, 0) is 22.3 Å². The van der Waals surface area contributed by atoms with Gasteiger partial charge in [0.05, 0.1) is 11.0 Å². The molecule has 0 aliphatic rings. The number of aryl methyl sites for hydroxylation is 1. The first kappa shape index (κ1) is 23.2. The van der Waals surface area contributed by atoms with Crippen LogP contribution in [0.5, 0.6) is 0 Å². The highest BCUT2D eigenvalue weighted by atomic mass is 19.4. The van der Waals surface area contributed by atoms with Crippen LogP contribution in [-0.4, -0.2) is 32.5 Å². The van der Waals surface area contributed by atoms with Crippen LogP contribution in [0.15, 0.2) is 54.6 Å². The van der Waals surface area contributed by atoms with E-state index in [0.29, 0.717) is 22.6 Å². The van der Waals surface area contributed by atoms with E-state index in [1.54, 1.807) is 42.7 Å². The van der Waals surface area contributed by atoms with Crippen LogP contribution in [0.1, 0.15) is 27.6 Å². The van der Waals surface area contributed by atoms with E-state index < -0.39 is 42.7 Å². The van der Waals surface area contributed by atoms with Gasteiger partial charge in [-0.05, 0) is 56.3 Å². The van der Waals surface area contributed by atoms with E-state index >= 15 is 0 Å². The molecule has 0 aliphatic carbocycles. The third-order valence-electron chi connectivity index (χ3n) is 5.38. The van der Waals surface area contributed by atoms with Crippen molar-refractivity contribution in [1.82, 2.24) is 14.1 Å². The van der Waals surface area contributed by atoms with Gasteiger partial charge in [0, 0.05) is 22.6 Å². The third-order valence-corrected chi connectivity index (χ3v) is 5.38. The number of carbonyl (C=O) groups excluding carboxylic acids is 2. The first-order valence-corrected chi connectivity index (χ1v) is 10.2. The monoisotopic (exact) mass is 473 g/mol. The zero-order chi connectivity index (χ0) is 24.6. The Bertz CT molecular complexity index is 1390. The summed E-state index contributed by atoms with van der Waals surface area (Å²) < 4.78 is 61.0. The number of alkyl halides is 3. The minimum Gasteiger partial charge on any atom is -0.456 e. The molecule has 0 unspecified atom stereocenters. The molecule has 176 valence electrons. The average molecular weight is 473 g/mol. The Kier molecular flexibility index (Phi) is 5.99. The molecule has 0 fully saturated rings. The van der Waals surface area contributed by atoms with Gasteiger partial charge in [-0.15, -0.1) is 0 Å². The van der Waals surface area contributed by atoms with Crippen LogP contribution in [0.3, 0.4) is 0 Å². The van der Waals surface area contributed by atoms with E-state index in [-0.39, 0.29) is 11.0 Å². The fourth-order valence-electron chi connectivity index (χ4n) is 3.88. The van der Waals surface area contributed by atoms with Crippen LogP contribution in [0.4, 0.5) is 17.6 Å². The molecular formula is C24H19F4N3O3. The number of benzene rings is 2. The average Bonchev–Trinajstić information content (AvgIpc) is 3.30. The number of esters is 1.